The van der Waals surface area contributed by atoms with Gasteiger partial charge in [0.15, 0.2) is 0 Å². The SMILES string of the molecule is NC(=O)c1cnc2cscc2c1. The molecule has 1 amide bonds. The van der Waals surface area contributed by atoms with E-state index in [1.807, 2.05) is 10.8 Å². The minimum Gasteiger partial charge on any atom is -0.366 e. The zero-order chi connectivity index (χ0) is 8.55. The predicted octanol–water partition coefficient (Wildman–Crippen LogP) is 1.40. The molecule has 0 bridgehead atoms. The minimum absolute atomic E-state index is 0.435. The first-order valence-electron chi connectivity index (χ1n) is 3.39. The number of aromatic nitrogens is 1. The molecule has 12 heavy (non-hydrogen) atoms. The van der Waals surface area contributed by atoms with Gasteiger partial charge in [0.2, 0.25) is 5.91 Å². The normalized spacial score (nSPS) is 10.3. The summed E-state index contributed by atoms with van der Waals surface area (Å²) in [4.78, 5) is 14.8. The second-order valence-electron chi connectivity index (χ2n) is 2.43. The average Bonchev–Trinajstić information content (AvgIpc) is 2.49. The Bertz CT molecular complexity index is 435. The molecule has 0 aliphatic rings. The summed E-state index contributed by atoms with van der Waals surface area (Å²) in [6, 6.07) is 1.75. The Hall–Kier alpha value is -1.42. The molecule has 2 heterocycles. The van der Waals surface area contributed by atoms with E-state index in [4.69, 9.17) is 5.73 Å². The van der Waals surface area contributed by atoms with E-state index in [2.05, 4.69) is 4.98 Å². The molecule has 0 saturated heterocycles. The van der Waals surface area contributed by atoms with E-state index in [1.165, 1.54) is 6.20 Å². The highest BCUT2D eigenvalue weighted by molar-refractivity contribution is 7.09. The number of pyridine rings is 1. The first-order chi connectivity index (χ1) is 5.77. The van der Waals surface area contributed by atoms with Crippen LogP contribution in [0.1, 0.15) is 10.4 Å². The molecular weight excluding hydrogens is 172 g/mol. The Morgan fingerprint density at radius 3 is 3.08 bits per heavy atom. The lowest BCUT2D eigenvalue weighted by Crippen LogP contribution is -2.10. The van der Waals surface area contributed by atoms with Gasteiger partial charge in [-0.3, -0.25) is 9.78 Å². The molecule has 2 N–H and O–H groups in total. The fourth-order valence-corrected chi connectivity index (χ4v) is 1.72. The molecule has 2 rings (SSSR count). The van der Waals surface area contributed by atoms with Crippen molar-refractivity contribution < 1.29 is 4.79 Å². The summed E-state index contributed by atoms with van der Waals surface area (Å²) in [5.74, 6) is -0.435. The van der Waals surface area contributed by atoms with Crippen LogP contribution in [0.25, 0.3) is 10.9 Å². The fraction of sp³-hybridized carbons (Fsp3) is 0. The van der Waals surface area contributed by atoms with Gasteiger partial charge < -0.3 is 5.73 Å². The summed E-state index contributed by atoms with van der Waals surface area (Å²) >= 11 is 1.56. The number of hydrogen-bond acceptors (Lipinski definition) is 3. The quantitative estimate of drug-likeness (QED) is 0.717. The molecule has 2 aromatic rings. The number of carbonyl (C=O) groups is 1. The van der Waals surface area contributed by atoms with Gasteiger partial charge >= 0.3 is 0 Å². The third kappa shape index (κ3) is 1.06. The molecule has 0 aromatic carbocycles. The van der Waals surface area contributed by atoms with Crippen molar-refractivity contribution in [1.82, 2.24) is 4.98 Å². The van der Waals surface area contributed by atoms with Crippen molar-refractivity contribution in [2.24, 2.45) is 5.73 Å². The van der Waals surface area contributed by atoms with Gasteiger partial charge in [-0.15, -0.1) is 11.3 Å². The second-order valence-corrected chi connectivity index (χ2v) is 3.18. The smallest absolute Gasteiger partial charge is 0.250 e. The Morgan fingerprint density at radius 1 is 1.50 bits per heavy atom. The van der Waals surface area contributed by atoms with Gasteiger partial charge in [-0.1, -0.05) is 0 Å². The van der Waals surface area contributed by atoms with Crippen LogP contribution in [0.5, 0.6) is 0 Å². The van der Waals surface area contributed by atoms with Gasteiger partial charge in [-0.2, -0.15) is 0 Å². The summed E-state index contributed by atoms with van der Waals surface area (Å²) < 4.78 is 0. The van der Waals surface area contributed by atoms with Crippen molar-refractivity contribution in [2.45, 2.75) is 0 Å². The molecule has 2 aromatic heterocycles. The number of nitrogens with zero attached hydrogens (tertiary/aromatic N) is 1. The van der Waals surface area contributed by atoms with Crippen LogP contribution >= 0.6 is 11.3 Å². The van der Waals surface area contributed by atoms with Crippen molar-refractivity contribution in [1.29, 1.82) is 0 Å². The zero-order valence-corrected chi connectivity index (χ0v) is 6.97. The van der Waals surface area contributed by atoms with E-state index >= 15 is 0 Å². The predicted molar refractivity (Wildman–Crippen MR) is 48.1 cm³/mol. The molecule has 0 atom stereocenters. The number of hydrogen-bond donors (Lipinski definition) is 1. The molecule has 3 nitrogen and oxygen atoms in total. The number of thiophene rings is 1. The molecule has 0 saturated carbocycles. The molecule has 0 aliphatic carbocycles. The van der Waals surface area contributed by atoms with E-state index in [0.29, 0.717) is 5.56 Å². The number of rotatable bonds is 1. The van der Waals surface area contributed by atoms with Gasteiger partial charge in [0.25, 0.3) is 0 Å². The van der Waals surface area contributed by atoms with Crippen molar-refractivity contribution in [3.8, 4) is 0 Å². The van der Waals surface area contributed by atoms with E-state index < -0.39 is 5.91 Å². The van der Waals surface area contributed by atoms with Crippen LogP contribution in [0, 0.1) is 0 Å². The van der Waals surface area contributed by atoms with E-state index in [-0.39, 0.29) is 0 Å². The molecule has 4 heteroatoms. The topological polar surface area (TPSA) is 56.0 Å². The molecule has 0 spiro atoms. The summed E-state index contributed by atoms with van der Waals surface area (Å²) in [6.07, 6.45) is 1.50. The number of nitrogens with two attached hydrogens (primary N) is 1. The summed E-state index contributed by atoms with van der Waals surface area (Å²) in [7, 11) is 0. The van der Waals surface area contributed by atoms with Crippen LogP contribution in [0.3, 0.4) is 0 Å². The van der Waals surface area contributed by atoms with Crippen LogP contribution in [-0.2, 0) is 0 Å². The molecule has 0 unspecified atom stereocenters. The van der Waals surface area contributed by atoms with Crippen LogP contribution in [-0.4, -0.2) is 10.9 Å². The van der Waals surface area contributed by atoms with Gasteiger partial charge in [0.1, 0.15) is 0 Å². The molecule has 60 valence electrons. The average molecular weight is 178 g/mol. The highest BCUT2D eigenvalue weighted by Gasteiger charge is 2.02. The lowest BCUT2D eigenvalue weighted by atomic mass is 10.2. The largest absolute Gasteiger partial charge is 0.366 e. The third-order valence-corrected chi connectivity index (χ3v) is 2.36. The lowest BCUT2D eigenvalue weighted by molar-refractivity contribution is 0.1000. The molecular formula is C8H6N2OS. The monoisotopic (exact) mass is 178 g/mol. The maximum atomic E-state index is 10.8. The number of amides is 1. The maximum Gasteiger partial charge on any atom is 0.250 e. The Labute approximate surface area is 72.8 Å². The van der Waals surface area contributed by atoms with Crippen molar-refractivity contribution in [3.05, 3.63) is 28.6 Å². The highest BCUT2D eigenvalue weighted by Crippen LogP contribution is 2.17. The van der Waals surface area contributed by atoms with Crippen LogP contribution < -0.4 is 5.73 Å². The Kier molecular flexibility index (Phi) is 1.55. The van der Waals surface area contributed by atoms with E-state index in [0.717, 1.165) is 10.9 Å². The van der Waals surface area contributed by atoms with Crippen LogP contribution in [0.15, 0.2) is 23.0 Å². The third-order valence-electron chi connectivity index (χ3n) is 1.61. The second kappa shape index (κ2) is 2.57. The Morgan fingerprint density at radius 2 is 2.33 bits per heavy atom. The number of carbonyl (C=O) groups excluding carboxylic acids is 1. The Balaban J connectivity index is 2.68. The van der Waals surface area contributed by atoms with Gasteiger partial charge in [0.05, 0.1) is 11.1 Å². The molecule has 0 fully saturated rings. The first kappa shape index (κ1) is 7.24. The van der Waals surface area contributed by atoms with E-state index in [9.17, 15) is 4.79 Å². The van der Waals surface area contributed by atoms with Crippen molar-refractivity contribution >= 4 is 28.1 Å². The highest BCUT2D eigenvalue weighted by atomic mass is 32.1. The van der Waals surface area contributed by atoms with Gasteiger partial charge in [-0.05, 0) is 6.07 Å². The standard InChI is InChI=1S/C8H6N2OS/c9-8(11)5-1-6-3-12-4-7(6)10-2-5/h1-4H,(H2,9,11). The zero-order valence-electron chi connectivity index (χ0n) is 6.15. The summed E-state index contributed by atoms with van der Waals surface area (Å²) in [5.41, 5.74) is 6.46. The number of primary amides is 1. The van der Waals surface area contributed by atoms with Crippen LogP contribution in [0.2, 0.25) is 0 Å². The van der Waals surface area contributed by atoms with Crippen LogP contribution in [0.4, 0.5) is 0 Å². The molecule has 0 radical (unpaired) electrons. The first-order valence-corrected chi connectivity index (χ1v) is 4.33. The van der Waals surface area contributed by atoms with Gasteiger partial charge in [0, 0.05) is 22.3 Å². The summed E-state index contributed by atoms with van der Waals surface area (Å²) in [6.45, 7) is 0. The number of fused-ring (bicyclic) bond motifs is 1. The van der Waals surface area contributed by atoms with E-state index in [1.54, 1.807) is 17.4 Å². The van der Waals surface area contributed by atoms with Gasteiger partial charge in [-0.25, -0.2) is 0 Å². The maximum absolute atomic E-state index is 10.8. The fourth-order valence-electron chi connectivity index (χ4n) is 0.992. The minimum atomic E-state index is -0.435. The summed E-state index contributed by atoms with van der Waals surface area (Å²) in [5, 5.41) is 4.84. The lowest BCUT2D eigenvalue weighted by Gasteiger charge is -1.93. The van der Waals surface area contributed by atoms with Crippen molar-refractivity contribution in [3.63, 3.8) is 0 Å². The molecule has 0 aliphatic heterocycles. The van der Waals surface area contributed by atoms with Crippen molar-refractivity contribution in [2.75, 3.05) is 0 Å².